The third-order valence-electron chi connectivity index (χ3n) is 2.97. The summed E-state index contributed by atoms with van der Waals surface area (Å²) in [5.41, 5.74) is 2.15. The number of hydrogen-bond acceptors (Lipinski definition) is 3. The fourth-order valence-electron chi connectivity index (χ4n) is 2.03. The number of phenols is 1. The highest BCUT2D eigenvalue weighted by atomic mass is 35.5. The molecule has 0 saturated carbocycles. The first-order chi connectivity index (χ1) is 9.25. The number of para-hydroxylation sites is 1. The van der Waals surface area contributed by atoms with Crippen molar-refractivity contribution in [2.75, 3.05) is 0 Å². The molecule has 0 aromatic heterocycles. The molecule has 0 bridgehead atoms. The van der Waals surface area contributed by atoms with Gasteiger partial charge in [-0.15, -0.1) is 12.4 Å². The lowest BCUT2D eigenvalue weighted by Crippen LogP contribution is -2.16. The fourth-order valence-corrected chi connectivity index (χ4v) is 2.03. The number of carbonyl (C=O) groups excluding carboxylic acids is 1. The van der Waals surface area contributed by atoms with Crippen LogP contribution in [0.25, 0.3) is 6.08 Å². The molecule has 3 nitrogen and oxygen atoms in total. The standard InChI is InChI=1S/C16H11NO2.ClH/c18-15-8-4-7-13-12(15)9-10-14(16(13)19)17-11-5-2-1-3-6-11;/h1-10,18H;1H. The monoisotopic (exact) mass is 285 g/mol. The van der Waals surface area contributed by atoms with Crippen molar-refractivity contribution in [2.45, 2.75) is 0 Å². The summed E-state index contributed by atoms with van der Waals surface area (Å²) >= 11 is 0. The number of Topliss-reactive ketones (excluding diaryl/α,β-unsaturated/α-hetero) is 1. The Bertz CT molecular complexity index is 706. The second-order valence-corrected chi connectivity index (χ2v) is 4.23. The number of ketones is 1. The van der Waals surface area contributed by atoms with Gasteiger partial charge in [0.15, 0.2) is 0 Å². The van der Waals surface area contributed by atoms with E-state index in [0.29, 0.717) is 16.8 Å². The molecule has 1 aliphatic rings. The van der Waals surface area contributed by atoms with Crippen LogP contribution in [-0.4, -0.2) is 16.6 Å². The summed E-state index contributed by atoms with van der Waals surface area (Å²) in [6.07, 6.45) is 3.35. The molecule has 0 heterocycles. The van der Waals surface area contributed by atoms with Crippen molar-refractivity contribution in [3.63, 3.8) is 0 Å². The molecule has 100 valence electrons. The van der Waals surface area contributed by atoms with Gasteiger partial charge in [-0.2, -0.15) is 0 Å². The normalized spacial score (nSPS) is 14.8. The molecule has 2 aromatic carbocycles. The van der Waals surface area contributed by atoms with Crippen molar-refractivity contribution >= 4 is 35.7 Å². The third kappa shape index (κ3) is 2.49. The molecule has 20 heavy (non-hydrogen) atoms. The first kappa shape index (κ1) is 14.0. The Balaban J connectivity index is 0.00000147. The van der Waals surface area contributed by atoms with Gasteiger partial charge < -0.3 is 5.11 Å². The Kier molecular flexibility index (Phi) is 4.01. The highest BCUT2D eigenvalue weighted by Gasteiger charge is 2.20. The Morgan fingerprint density at radius 1 is 0.900 bits per heavy atom. The summed E-state index contributed by atoms with van der Waals surface area (Å²) in [6.45, 7) is 0. The van der Waals surface area contributed by atoms with E-state index in [9.17, 15) is 9.90 Å². The molecule has 0 fully saturated rings. The number of rotatable bonds is 1. The molecule has 0 atom stereocenters. The van der Waals surface area contributed by atoms with Gasteiger partial charge in [0, 0.05) is 11.1 Å². The van der Waals surface area contributed by atoms with Crippen molar-refractivity contribution in [3.8, 4) is 5.75 Å². The maximum atomic E-state index is 12.3. The Morgan fingerprint density at radius 2 is 1.65 bits per heavy atom. The molecule has 1 aliphatic carbocycles. The van der Waals surface area contributed by atoms with Gasteiger partial charge in [0.25, 0.3) is 0 Å². The van der Waals surface area contributed by atoms with Crippen LogP contribution in [0.3, 0.4) is 0 Å². The van der Waals surface area contributed by atoms with Gasteiger partial charge in [-0.1, -0.05) is 30.3 Å². The van der Waals surface area contributed by atoms with E-state index < -0.39 is 0 Å². The van der Waals surface area contributed by atoms with Crippen LogP contribution >= 0.6 is 12.4 Å². The maximum absolute atomic E-state index is 12.3. The molecule has 0 unspecified atom stereocenters. The van der Waals surface area contributed by atoms with Crippen LogP contribution in [0.4, 0.5) is 5.69 Å². The predicted molar refractivity (Wildman–Crippen MR) is 82.3 cm³/mol. The molecule has 0 aliphatic heterocycles. The van der Waals surface area contributed by atoms with Crippen molar-refractivity contribution in [2.24, 2.45) is 4.99 Å². The largest absolute Gasteiger partial charge is 0.507 e. The van der Waals surface area contributed by atoms with Crippen molar-refractivity contribution in [3.05, 3.63) is 65.7 Å². The number of benzene rings is 2. The van der Waals surface area contributed by atoms with E-state index >= 15 is 0 Å². The highest BCUT2D eigenvalue weighted by molar-refractivity contribution is 6.52. The number of nitrogens with zero attached hydrogens (tertiary/aromatic N) is 1. The van der Waals surface area contributed by atoms with Gasteiger partial charge in [0.2, 0.25) is 5.78 Å². The molecule has 4 heteroatoms. The zero-order chi connectivity index (χ0) is 13.2. The lowest BCUT2D eigenvalue weighted by molar-refractivity contribution is 0.106. The number of allylic oxidation sites excluding steroid dienone is 1. The lowest BCUT2D eigenvalue weighted by Gasteiger charge is -2.12. The minimum Gasteiger partial charge on any atom is -0.507 e. The Hall–Kier alpha value is -2.39. The van der Waals surface area contributed by atoms with Crippen LogP contribution in [0.1, 0.15) is 15.9 Å². The zero-order valence-corrected chi connectivity index (χ0v) is 11.3. The van der Waals surface area contributed by atoms with Gasteiger partial charge in [-0.25, -0.2) is 4.99 Å². The lowest BCUT2D eigenvalue weighted by atomic mass is 9.94. The summed E-state index contributed by atoms with van der Waals surface area (Å²) in [4.78, 5) is 16.6. The predicted octanol–water partition coefficient (Wildman–Crippen LogP) is 3.80. The van der Waals surface area contributed by atoms with Crippen LogP contribution in [0.2, 0.25) is 0 Å². The first-order valence-electron chi connectivity index (χ1n) is 5.94. The van der Waals surface area contributed by atoms with E-state index in [1.54, 1.807) is 30.4 Å². The number of fused-ring (bicyclic) bond motifs is 1. The smallest absolute Gasteiger partial charge is 0.212 e. The highest BCUT2D eigenvalue weighted by Crippen LogP contribution is 2.27. The number of aliphatic imine (C=N–C) groups is 1. The van der Waals surface area contributed by atoms with Crippen LogP contribution in [-0.2, 0) is 0 Å². The van der Waals surface area contributed by atoms with Crippen molar-refractivity contribution in [1.82, 2.24) is 0 Å². The molecular weight excluding hydrogens is 274 g/mol. The molecule has 0 saturated heterocycles. The molecule has 2 aromatic rings. The SMILES string of the molecule is Cl.O=C1C(=Nc2ccccc2)C=Cc2c(O)cccc21. The second kappa shape index (κ2) is 5.72. The van der Waals surface area contributed by atoms with E-state index in [4.69, 9.17) is 0 Å². The third-order valence-corrected chi connectivity index (χ3v) is 2.97. The van der Waals surface area contributed by atoms with Crippen molar-refractivity contribution < 1.29 is 9.90 Å². The minimum atomic E-state index is -0.169. The molecular formula is C16H12ClNO2. The number of halogens is 1. The quantitative estimate of drug-likeness (QED) is 0.866. The summed E-state index contributed by atoms with van der Waals surface area (Å²) in [6, 6.07) is 14.2. The summed E-state index contributed by atoms with van der Waals surface area (Å²) in [5, 5.41) is 9.71. The second-order valence-electron chi connectivity index (χ2n) is 4.23. The van der Waals surface area contributed by atoms with E-state index in [1.165, 1.54) is 0 Å². The molecule has 0 spiro atoms. The van der Waals surface area contributed by atoms with E-state index in [1.807, 2.05) is 30.3 Å². The number of carbonyl (C=O) groups is 1. The van der Waals surface area contributed by atoms with E-state index in [2.05, 4.69) is 4.99 Å². The average Bonchev–Trinajstić information content (AvgIpc) is 2.44. The van der Waals surface area contributed by atoms with Crippen LogP contribution in [0.15, 0.2) is 59.6 Å². The van der Waals surface area contributed by atoms with Gasteiger partial charge in [-0.05, 0) is 30.4 Å². The van der Waals surface area contributed by atoms with Gasteiger partial charge in [-0.3, -0.25) is 4.79 Å². The number of hydrogen-bond donors (Lipinski definition) is 1. The first-order valence-corrected chi connectivity index (χ1v) is 5.94. The molecule has 1 N–H and O–H groups in total. The summed E-state index contributed by atoms with van der Waals surface area (Å²) in [7, 11) is 0. The Labute approximate surface area is 122 Å². The molecule has 0 radical (unpaired) electrons. The average molecular weight is 286 g/mol. The molecule has 0 amide bonds. The van der Waals surface area contributed by atoms with E-state index in [-0.39, 0.29) is 23.9 Å². The van der Waals surface area contributed by atoms with Gasteiger partial charge >= 0.3 is 0 Å². The van der Waals surface area contributed by atoms with E-state index in [0.717, 1.165) is 5.69 Å². The fraction of sp³-hybridized carbons (Fsp3) is 0. The summed E-state index contributed by atoms with van der Waals surface area (Å²) < 4.78 is 0. The molecule has 3 rings (SSSR count). The summed E-state index contributed by atoms with van der Waals surface area (Å²) in [5.74, 6) is -0.0573. The van der Waals surface area contributed by atoms with Crippen LogP contribution in [0, 0.1) is 0 Å². The van der Waals surface area contributed by atoms with Gasteiger partial charge in [0.05, 0.1) is 5.69 Å². The van der Waals surface area contributed by atoms with Crippen molar-refractivity contribution in [1.29, 1.82) is 0 Å². The zero-order valence-electron chi connectivity index (χ0n) is 10.5. The number of aromatic hydroxyl groups is 1. The minimum absolute atomic E-state index is 0. The van der Waals surface area contributed by atoms with Crippen LogP contribution < -0.4 is 0 Å². The Morgan fingerprint density at radius 3 is 2.40 bits per heavy atom. The van der Waals surface area contributed by atoms with Crippen LogP contribution in [0.5, 0.6) is 5.75 Å². The topological polar surface area (TPSA) is 49.7 Å². The van der Waals surface area contributed by atoms with Gasteiger partial charge in [0.1, 0.15) is 11.5 Å². The number of phenolic OH excluding ortho intramolecular Hbond substituents is 1. The maximum Gasteiger partial charge on any atom is 0.212 e.